The summed E-state index contributed by atoms with van der Waals surface area (Å²) in [6.07, 6.45) is 4.02. The largest absolute Gasteiger partial charge is 0.436 e. The number of carbonyl (C=O) groups is 3. The van der Waals surface area contributed by atoms with E-state index in [9.17, 15) is 14.4 Å². The van der Waals surface area contributed by atoms with Crippen LogP contribution in [0.2, 0.25) is 5.02 Å². The van der Waals surface area contributed by atoms with Crippen molar-refractivity contribution >= 4 is 57.6 Å². The molecule has 3 fully saturated rings. The molecular formula is C32H41ClN8O4S. The van der Waals surface area contributed by atoms with Crippen molar-refractivity contribution in [2.24, 2.45) is 0 Å². The standard InChI is InChI=1S/C32H41ClN8O4S/c1-37-6-2-24(3-7-37)38-10-12-39(13-11-38)30(42)28(16-21-14-22-17-34-36-29(22)26(33)15-21)45-32(44)40-8-4-25(5-9-40)41-18-23-19-46-20-27(23)35-31(41)43/h14-15,17,19-20,24-25,28H,2-13,16,18H2,1H3,(H,34,36)(H,35,43)/t28-/m1/s1. The molecule has 1 aromatic carbocycles. The number of aromatic nitrogens is 2. The molecule has 14 heteroatoms. The van der Waals surface area contributed by atoms with E-state index in [0.717, 1.165) is 66.7 Å². The minimum atomic E-state index is -0.981. The van der Waals surface area contributed by atoms with Crippen LogP contribution in [-0.4, -0.2) is 130 Å². The average Bonchev–Trinajstić information content (AvgIpc) is 3.74. The van der Waals surface area contributed by atoms with Crippen molar-refractivity contribution in [2.45, 2.75) is 56.8 Å². The number of hydrogen-bond donors (Lipinski definition) is 2. The molecule has 0 aliphatic carbocycles. The first-order valence-corrected chi connectivity index (χ1v) is 17.6. The van der Waals surface area contributed by atoms with Crippen LogP contribution in [-0.2, 0) is 22.5 Å². The molecule has 4 amide bonds. The maximum Gasteiger partial charge on any atom is 0.410 e. The van der Waals surface area contributed by atoms with Crippen LogP contribution in [0, 0.1) is 0 Å². The van der Waals surface area contributed by atoms with E-state index in [-0.39, 0.29) is 24.4 Å². The van der Waals surface area contributed by atoms with Crippen molar-refractivity contribution in [3.63, 3.8) is 0 Å². The van der Waals surface area contributed by atoms with Gasteiger partial charge in [-0.3, -0.25) is 14.8 Å². The van der Waals surface area contributed by atoms with Crippen LogP contribution in [0.4, 0.5) is 15.3 Å². The summed E-state index contributed by atoms with van der Waals surface area (Å²) in [5.74, 6) is -0.175. The molecule has 2 N–H and O–H groups in total. The Morgan fingerprint density at radius 2 is 1.74 bits per heavy atom. The molecule has 6 heterocycles. The highest BCUT2D eigenvalue weighted by Gasteiger charge is 2.37. The van der Waals surface area contributed by atoms with E-state index in [2.05, 4.69) is 37.7 Å². The Labute approximate surface area is 277 Å². The SMILES string of the molecule is CN1CCC(N2CCN(C(=O)[C@@H](Cc3cc(Cl)c4[nH]ncc4c3)OC(=O)N3CCC(N4Cc5cscc5NC4=O)CC3)CC2)CC1. The van der Waals surface area contributed by atoms with E-state index < -0.39 is 12.2 Å². The molecule has 246 valence electrons. The Bertz CT molecular complexity index is 1570. The van der Waals surface area contributed by atoms with Gasteiger partial charge in [0.15, 0.2) is 6.10 Å². The molecule has 4 aliphatic rings. The second-order valence-corrected chi connectivity index (χ2v) is 14.1. The van der Waals surface area contributed by atoms with Crippen LogP contribution >= 0.6 is 22.9 Å². The topological polar surface area (TPSA) is 117 Å². The normalized spacial score (nSPS) is 21.3. The summed E-state index contributed by atoms with van der Waals surface area (Å²) < 4.78 is 6.05. The lowest BCUT2D eigenvalue weighted by molar-refractivity contribution is -0.143. The van der Waals surface area contributed by atoms with Crippen LogP contribution in [0.15, 0.2) is 29.1 Å². The van der Waals surface area contributed by atoms with E-state index >= 15 is 0 Å². The van der Waals surface area contributed by atoms with Gasteiger partial charge in [0.1, 0.15) is 0 Å². The van der Waals surface area contributed by atoms with Crippen LogP contribution in [0.1, 0.15) is 36.8 Å². The van der Waals surface area contributed by atoms with Crippen molar-refractivity contribution in [1.29, 1.82) is 0 Å². The van der Waals surface area contributed by atoms with Gasteiger partial charge in [-0.15, -0.1) is 11.3 Å². The van der Waals surface area contributed by atoms with Gasteiger partial charge in [-0.05, 0) is 68.9 Å². The highest BCUT2D eigenvalue weighted by Crippen LogP contribution is 2.31. The number of carbonyl (C=O) groups excluding carboxylic acids is 3. The summed E-state index contributed by atoms with van der Waals surface area (Å²) in [4.78, 5) is 50.6. The number of piperidine rings is 2. The number of thiophene rings is 1. The number of likely N-dealkylation sites (tertiary alicyclic amines) is 2. The number of nitrogens with one attached hydrogen (secondary N) is 2. The predicted octanol–water partition coefficient (Wildman–Crippen LogP) is 4.08. The van der Waals surface area contributed by atoms with Gasteiger partial charge in [-0.2, -0.15) is 5.10 Å². The van der Waals surface area contributed by atoms with E-state index in [0.29, 0.717) is 56.6 Å². The first-order chi connectivity index (χ1) is 22.3. The summed E-state index contributed by atoms with van der Waals surface area (Å²) in [5, 5.41) is 15.3. The lowest BCUT2D eigenvalue weighted by Gasteiger charge is -2.43. The van der Waals surface area contributed by atoms with Crippen LogP contribution in [0.3, 0.4) is 0 Å². The number of H-pyrrole nitrogens is 1. The third kappa shape index (κ3) is 6.55. The third-order valence-corrected chi connectivity index (χ3v) is 11.2. The zero-order valence-electron chi connectivity index (χ0n) is 26.1. The van der Waals surface area contributed by atoms with Gasteiger partial charge >= 0.3 is 12.1 Å². The van der Waals surface area contributed by atoms with Gasteiger partial charge < -0.3 is 29.7 Å². The number of urea groups is 1. The number of ether oxygens (including phenoxy) is 1. The number of hydrogen-bond acceptors (Lipinski definition) is 8. The van der Waals surface area contributed by atoms with E-state index in [4.69, 9.17) is 16.3 Å². The van der Waals surface area contributed by atoms with E-state index in [1.807, 2.05) is 27.3 Å². The molecule has 12 nitrogen and oxygen atoms in total. The quantitative estimate of drug-likeness (QED) is 0.407. The molecule has 0 bridgehead atoms. The third-order valence-electron chi connectivity index (χ3n) is 10.1. The number of aromatic amines is 1. The monoisotopic (exact) mass is 668 g/mol. The minimum absolute atomic E-state index is 0.0271. The van der Waals surface area contributed by atoms with Crippen molar-refractivity contribution in [3.05, 3.63) is 45.2 Å². The lowest BCUT2D eigenvalue weighted by atomic mass is 10.0. The summed E-state index contributed by atoms with van der Waals surface area (Å²) >= 11 is 8.11. The van der Waals surface area contributed by atoms with Crippen LogP contribution < -0.4 is 5.32 Å². The van der Waals surface area contributed by atoms with E-state index in [1.165, 1.54) is 0 Å². The molecule has 0 radical (unpaired) electrons. The number of halogens is 1. The molecule has 3 saturated heterocycles. The maximum atomic E-state index is 14.0. The Kier molecular flexibility index (Phi) is 9.08. The highest BCUT2D eigenvalue weighted by atomic mass is 35.5. The number of piperazine rings is 1. The highest BCUT2D eigenvalue weighted by molar-refractivity contribution is 7.08. The predicted molar refractivity (Wildman–Crippen MR) is 177 cm³/mol. The van der Waals surface area contributed by atoms with Crippen LogP contribution in [0.5, 0.6) is 0 Å². The second kappa shape index (κ2) is 13.4. The number of anilines is 1. The number of amides is 4. The molecule has 7 rings (SSSR count). The summed E-state index contributed by atoms with van der Waals surface area (Å²) in [6.45, 7) is 6.53. The Morgan fingerprint density at radius 1 is 1.00 bits per heavy atom. The molecule has 3 aromatic rings. The number of fused-ring (bicyclic) bond motifs is 2. The average molecular weight is 669 g/mol. The smallest absolute Gasteiger partial charge is 0.410 e. The molecule has 0 unspecified atom stereocenters. The molecule has 4 aliphatic heterocycles. The number of nitrogens with zero attached hydrogens (tertiary/aromatic N) is 6. The van der Waals surface area contributed by atoms with Crippen molar-refractivity contribution in [3.8, 4) is 0 Å². The lowest BCUT2D eigenvalue weighted by Crippen LogP contribution is -2.56. The van der Waals surface area contributed by atoms with Crippen molar-refractivity contribution in [1.82, 2.24) is 34.7 Å². The van der Waals surface area contributed by atoms with Crippen molar-refractivity contribution < 1.29 is 19.1 Å². The molecule has 2 aromatic heterocycles. The molecule has 0 spiro atoms. The fourth-order valence-corrected chi connectivity index (χ4v) is 8.38. The van der Waals surface area contributed by atoms with Crippen LogP contribution in [0.25, 0.3) is 10.9 Å². The summed E-state index contributed by atoms with van der Waals surface area (Å²) in [5.41, 5.74) is 3.54. The van der Waals surface area contributed by atoms with Gasteiger partial charge in [0.2, 0.25) is 0 Å². The Morgan fingerprint density at radius 3 is 2.50 bits per heavy atom. The summed E-state index contributed by atoms with van der Waals surface area (Å²) in [6, 6.07) is 4.23. The number of rotatable bonds is 6. The van der Waals surface area contributed by atoms with Gasteiger partial charge in [-0.25, -0.2) is 9.59 Å². The fourth-order valence-electron chi connectivity index (χ4n) is 7.30. The minimum Gasteiger partial charge on any atom is -0.436 e. The first-order valence-electron chi connectivity index (χ1n) is 16.2. The zero-order valence-corrected chi connectivity index (χ0v) is 27.7. The van der Waals surface area contributed by atoms with Gasteiger partial charge in [0.25, 0.3) is 5.91 Å². The van der Waals surface area contributed by atoms with Gasteiger partial charge in [0.05, 0.1) is 29.0 Å². The second-order valence-electron chi connectivity index (χ2n) is 13.0. The molecule has 0 saturated carbocycles. The number of benzene rings is 1. The maximum absolute atomic E-state index is 14.0. The Balaban J connectivity index is 1.00. The van der Waals surface area contributed by atoms with Gasteiger partial charge in [0, 0.05) is 74.1 Å². The van der Waals surface area contributed by atoms with Crippen molar-refractivity contribution in [2.75, 3.05) is 64.7 Å². The van der Waals surface area contributed by atoms with Gasteiger partial charge in [-0.1, -0.05) is 11.6 Å². The molecule has 46 heavy (non-hydrogen) atoms. The molecular weight excluding hydrogens is 628 g/mol. The summed E-state index contributed by atoms with van der Waals surface area (Å²) in [7, 11) is 2.17. The fraction of sp³-hybridized carbons (Fsp3) is 0.562. The zero-order chi connectivity index (χ0) is 31.8. The Hall–Kier alpha value is -3.39. The molecule has 1 atom stereocenters. The van der Waals surface area contributed by atoms with E-state index in [1.54, 1.807) is 22.4 Å². The first kappa shape index (κ1) is 31.2.